The second-order valence-corrected chi connectivity index (χ2v) is 12.3. The minimum absolute atomic E-state index is 0.0418. The number of anilines is 1. The van der Waals surface area contributed by atoms with Crippen LogP contribution in [0, 0.1) is 12.8 Å². The molecule has 0 spiro atoms. The Morgan fingerprint density at radius 1 is 1.18 bits per heavy atom. The molecular formula is C22H29N3O6S2. The molecule has 2 aliphatic rings. The second-order valence-electron chi connectivity index (χ2n) is 8.71. The SMILES string of the molecule is Cc1cc(N2C(=O)C(C)CS2(=O)=O)ccc1S(=O)(=O)NCC(c1ccco1)N1CCCCC1. The van der Waals surface area contributed by atoms with Crippen molar-refractivity contribution >= 4 is 31.6 Å². The predicted molar refractivity (Wildman–Crippen MR) is 124 cm³/mol. The number of aryl methyl sites for hydroxylation is 1. The molecular weight excluding hydrogens is 466 g/mol. The van der Waals surface area contributed by atoms with Crippen molar-refractivity contribution in [1.82, 2.24) is 9.62 Å². The fourth-order valence-electron chi connectivity index (χ4n) is 4.54. The van der Waals surface area contributed by atoms with Crippen molar-refractivity contribution in [2.75, 3.05) is 29.7 Å². The third-order valence-corrected chi connectivity index (χ3v) is 9.66. The van der Waals surface area contributed by atoms with Crippen molar-refractivity contribution < 1.29 is 26.0 Å². The van der Waals surface area contributed by atoms with Gasteiger partial charge in [-0.1, -0.05) is 13.3 Å². The zero-order valence-corrected chi connectivity index (χ0v) is 20.4. The van der Waals surface area contributed by atoms with Crippen LogP contribution in [0.3, 0.4) is 0 Å². The Kier molecular flexibility index (Phi) is 6.68. The first-order valence-corrected chi connectivity index (χ1v) is 14.1. The summed E-state index contributed by atoms with van der Waals surface area (Å²) < 4.78 is 60.1. The van der Waals surface area contributed by atoms with Crippen molar-refractivity contribution in [3.05, 3.63) is 47.9 Å². The smallest absolute Gasteiger partial charge is 0.244 e. The topological polar surface area (TPSA) is 117 Å². The van der Waals surface area contributed by atoms with E-state index in [1.807, 2.05) is 6.07 Å². The van der Waals surface area contributed by atoms with Crippen LogP contribution < -0.4 is 9.03 Å². The van der Waals surface area contributed by atoms with Crippen molar-refractivity contribution in [3.63, 3.8) is 0 Å². The van der Waals surface area contributed by atoms with Gasteiger partial charge in [0.25, 0.3) is 0 Å². The van der Waals surface area contributed by atoms with Crippen LogP contribution in [0.15, 0.2) is 45.9 Å². The molecule has 1 aromatic carbocycles. The highest BCUT2D eigenvalue weighted by Crippen LogP contribution is 2.31. The number of rotatable bonds is 7. The van der Waals surface area contributed by atoms with Gasteiger partial charge in [-0.15, -0.1) is 0 Å². The molecule has 2 aromatic rings. The first kappa shape index (κ1) is 23.9. The maximum atomic E-state index is 13.1. The molecule has 2 saturated heterocycles. The number of hydrogen-bond acceptors (Lipinski definition) is 7. The third-order valence-electron chi connectivity index (χ3n) is 6.21. The summed E-state index contributed by atoms with van der Waals surface area (Å²) in [6.45, 7) is 5.04. The Morgan fingerprint density at radius 2 is 1.91 bits per heavy atom. The lowest BCUT2D eigenvalue weighted by Crippen LogP contribution is -2.40. The molecule has 0 radical (unpaired) electrons. The molecule has 33 heavy (non-hydrogen) atoms. The Morgan fingerprint density at radius 3 is 2.48 bits per heavy atom. The van der Waals surface area contributed by atoms with Gasteiger partial charge in [-0.25, -0.2) is 25.9 Å². The van der Waals surface area contributed by atoms with E-state index in [1.165, 1.54) is 18.2 Å². The number of hydrogen-bond donors (Lipinski definition) is 1. The minimum atomic E-state index is -3.88. The lowest BCUT2D eigenvalue weighted by atomic mass is 10.1. The summed E-state index contributed by atoms with van der Waals surface area (Å²) in [7, 11) is -7.64. The average Bonchev–Trinajstić information content (AvgIpc) is 3.35. The minimum Gasteiger partial charge on any atom is -0.468 e. The number of piperidine rings is 1. The van der Waals surface area contributed by atoms with Crippen LogP contribution in [-0.2, 0) is 24.8 Å². The van der Waals surface area contributed by atoms with Gasteiger partial charge in [-0.3, -0.25) is 9.69 Å². The van der Waals surface area contributed by atoms with E-state index in [0.29, 0.717) is 11.3 Å². The van der Waals surface area contributed by atoms with Gasteiger partial charge < -0.3 is 4.42 Å². The monoisotopic (exact) mass is 495 g/mol. The van der Waals surface area contributed by atoms with E-state index in [1.54, 1.807) is 26.2 Å². The first-order valence-electron chi connectivity index (χ1n) is 11.0. The summed E-state index contributed by atoms with van der Waals surface area (Å²) in [5.41, 5.74) is 0.512. The molecule has 4 rings (SSSR count). The summed E-state index contributed by atoms with van der Waals surface area (Å²) >= 11 is 0. The summed E-state index contributed by atoms with van der Waals surface area (Å²) in [6, 6.07) is 7.56. The molecule has 0 bridgehead atoms. The van der Waals surface area contributed by atoms with Gasteiger partial charge in [-0.05, 0) is 68.8 Å². The van der Waals surface area contributed by atoms with Gasteiger partial charge >= 0.3 is 0 Å². The van der Waals surface area contributed by atoms with Crippen molar-refractivity contribution in [2.45, 2.75) is 44.0 Å². The van der Waals surface area contributed by atoms with E-state index in [2.05, 4.69) is 9.62 Å². The van der Waals surface area contributed by atoms with Gasteiger partial charge in [-0.2, -0.15) is 0 Å². The van der Waals surface area contributed by atoms with E-state index < -0.39 is 31.9 Å². The molecule has 180 valence electrons. The highest BCUT2D eigenvalue weighted by Gasteiger charge is 2.42. The molecule has 0 saturated carbocycles. The van der Waals surface area contributed by atoms with Crippen LogP contribution >= 0.6 is 0 Å². The number of nitrogens with zero attached hydrogens (tertiary/aromatic N) is 2. The Labute approximate surface area is 194 Å². The van der Waals surface area contributed by atoms with Crippen molar-refractivity contribution in [1.29, 1.82) is 0 Å². The van der Waals surface area contributed by atoms with Crippen LogP contribution in [0.25, 0.3) is 0 Å². The van der Waals surface area contributed by atoms with E-state index in [-0.39, 0.29) is 28.9 Å². The van der Waals surface area contributed by atoms with Crippen LogP contribution in [0.2, 0.25) is 0 Å². The molecule has 1 aromatic heterocycles. The summed E-state index contributed by atoms with van der Waals surface area (Å²) in [5, 5.41) is 0. The number of carbonyl (C=O) groups excluding carboxylic acids is 1. The van der Waals surface area contributed by atoms with Gasteiger partial charge in [0.1, 0.15) is 5.76 Å². The number of benzene rings is 1. The maximum Gasteiger partial charge on any atom is 0.244 e. The Hall–Kier alpha value is -2.21. The van der Waals surface area contributed by atoms with E-state index >= 15 is 0 Å². The molecule has 2 atom stereocenters. The van der Waals surface area contributed by atoms with Crippen molar-refractivity contribution in [2.24, 2.45) is 5.92 Å². The number of likely N-dealkylation sites (tertiary alicyclic amines) is 1. The van der Waals surface area contributed by atoms with Crippen LogP contribution in [0.4, 0.5) is 5.69 Å². The molecule has 9 nitrogen and oxygen atoms in total. The second kappa shape index (κ2) is 9.21. The lowest BCUT2D eigenvalue weighted by Gasteiger charge is -2.33. The van der Waals surface area contributed by atoms with E-state index in [0.717, 1.165) is 36.7 Å². The fourth-order valence-corrected chi connectivity index (χ4v) is 7.61. The molecule has 2 fully saturated rings. The van der Waals surface area contributed by atoms with Crippen LogP contribution in [0.1, 0.15) is 43.6 Å². The lowest BCUT2D eigenvalue weighted by molar-refractivity contribution is -0.119. The van der Waals surface area contributed by atoms with Crippen molar-refractivity contribution in [3.8, 4) is 0 Å². The summed E-state index contributed by atoms with van der Waals surface area (Å²) in [4.78, 5) is 14.6. The zero-order valence-electron chi connectivity index (χ0n) is 18.7. The zero-order chi connectivity index (χ0) is 23.8. The highest BCUT2D eigenvalue weighted by molar-refractivity contribution is 7.94. The third kappa shape index (κ3) is 4.86. The standard InChI is InChI=1S/C22H29N3O6S2/c1-16-13-18(25-22(26)17(2)15-32(25,27)28)8-9-21(16)33(29,30)23-14-19(20-7-6-12-31-20)24-10-4-3-5-11-24/h6-9,12-13,17,19,23H,3-5,10-11,14-15H2,1-2H3. The maximum absolute atomic E-state index is 13.1. The molecule has 3 heterocycles. The predicted octanol–water partition coefficient (Wildman–Crippen LogP) is 2.41. The number of carbonyl (C=O) groups is 1. The van der Waals surface area contributed by atoms with Gasteiger partial charge in [0.05, 0.1) is 34.6 Å². The molecule has 0 aliphatic carbocycles. The first-order chi connectivity index (χ1) is 15.6. The summed E-state index contributed by atoms with van der Waals surface area (Å²) in [5.74, 6) is -0.685. The Balaban J connectivity index is 1.55. The highest BCUT2D eigenvalue weighted by atomic mass is 32.2. The van der Waals surface area contributed by atoms with E-state index in [4.69, 9.17) is 4.42 Å². The van der Waals surface area contributed by atoms with Crippen LogP contribution in [-0.4, -0.2) is 53.0 Å². The largest absolute Gasteiger partial charge is 0.468 e. The summed E-state index contributed by atoms with van der Waals surface area (Å²) in [6.07, 6.45) is 4.85. The average molecular weight is 496 g/mol. The number of furan rings is 1. The molecule has 1 N–H and O–H groups in total. The molecule has 2 unspecified atom stereocenters. The van der Waals surface area contributed by atoms with E-state index in [9.17, 15) is 21.6 Å². The number of sulfonamides is 2. The molecule has 11 heteroatoms. The molecule has 2 aliphatic heterocycles. The normalized spacial score (nSPS) is 22.5. The van der Waals surface area contributed by atoms with Gasteiger partial charge in [0.15, 0.2) is 0 Å². The van der Waals surface area contributed by atoms with Gasteiger partial charge in [0, 0.05) is 6.54 Å². The number of nitrogens with one attached hydrogen (secondary N) is 1. The fraction of sp³-hybridized carbons (Fsp3) is 0.500. The van der Waals surface area contributed by atoms with Gasteiger partial charge in [0.2, 0.25) is 26.0 Å². The molecule has 1 amide bonds. The Bertz CT molecular complexity index is 1220. The quantitative estimate of drug-likeness (QED) is 0.627. The number of amides is 1. The van der Waals surface area contributed by atoms with Crippen LogP contribution in [0.5, 0.6) is 0 Å².